The standard InChI is InChI=1S/C20H17F2N7OS/c21-19(22)30-16-10-8-15(9-11-16)28-17(24-26-27-28)12-31-20-23-18(13-6-7-13)29(25-20)14-4-2-1-3-5-14/h1-5,8-11,13,19H,6-7,12H2. The number of alkyl halides is 2. The lowest BCUT2D eigenvalue weighted by molar-refractivity contribution is -0.0498. The van der Waals surface area contributed by atoms with Gasteiger partial charge in [-0.3, -0.25) is 0 Å². The minimum atomic E-state index is -2.87. The van der Waals surface area contributed by atoms with Crippen molar-refractivity contribution < 1.29 is 13.5 Å². The molecular weight excluding hydrogens is 424 g/mol. The van der Waals surface area contributed by atoms with Crippen LogP contribution in [-0.2, 0) is 5.75 Å². The Morgan fingerprint density at radius 3 is 2.45 bits per heavy atom. The van der Waals surface area contributed by atoms with Gasteiger partial charge in [0.2, 0.25) is 5.16 Å². The van der Waals surface area contributed by atoms with Crippen molar-refractivity contribution >= 4 is 11.8 Å². The van der Waals surface area contributed by atoms with Gasteiger partial charge in [-0.15, -0.1) is 10.2 Å². The lowest BCUT2D eigenvalue weighted by Crippen LogP contribution is -2.04. The van der Waals surface area contributed by atoms with Crippen molar-refractivity contribution in [2.45, 2.75) is 36.3 Å². The molecule has 4 aromatic rings. The van der Waals surface area contributed by atoms with Gasteiger partial charge in [-0.25, -0.2) is 9.67 Å². The van der Waals surface area contributed by atoms with Crippen molar-refractivity contribution in [3.05, 3.63) is 66.2 Å². The molecule has 0 amide bonds. The number of aromatic nitrogens is 7. The Morgan fingerprint density at radius 1 is 1.00 bits per heavy atom. The highest BCUT2D eigenvalue weighted by molar-refractivity contribution is 7.98. The quantitative estimate of drug-likeness (QED) is 0.382. The van der Waals surface area contributed by atoms with E-state index in [0.29, 0.717) is 28.3 Å². The molecule has 1 aliphatic rings. The number of tetrazole rings is 1. The van der Waals surface area contributed by atoms with Crippen LogP contribution >= 0.6 is 11.8 Å². The van der Waals surface area contributed by atoms with Gasteiger partial charge in [0.15, 0.2) is 5.82 Å². The second kappa shape index (κ2) is 8.42. The van der Waals surface area contributed by atoms with E-state index in [2.05, 4.69) is 25.4 Å². The lowest BCUT2D eigenvalue weighted by Gasteiger charge is -2.06. The molecule has 2 aromatic carbocycles. The average molecular weight is 441 g/mol. The van der Waals surface area contributed by atoms with Gasteiger partial charge in [-0.2, -0.15) is 13.5 Å². The maximum atomic E-state index is 12.3. The fraction of sp³-hybridized carbons (Fsp3) is 0.250. The second-order valence-electron chi connectivity index (χ2n) is 6.94. The Bertz CT molecular complexity index is 1160. The number of benzene rings is 2. The van der Waals surface area contributed by atoms with Crippen molar-refractivity contribution in [3.8, 4) is 17.1 Å². The molecule has 0 spiro atoms. The molecular formula is C20H17F2N7OS. The van der Waals surface area contributed by atoms with Crippen molar-refractivity contribution in [1.82, 2.24) is 35.0 Å². The molecule has 0 radical (unpaired) electrons. The third kappa shape index (κ3) is 4.41. The van der Waals surface area contributed by atoms with Crippen LogP contribution in [0.1, 0.15) is 30.4 Å². The number of nitrogens with zero attached hydrogens (tertiary/aromatic N) is 7. The van der Waals surface area contributed by atoms with Crippen molar-refractivity contribution in [3.63, 3.8) is 0 Å². The van der Waals surface area contributed by atoms with E-state index in [0.717, 1.165) is 24.4 Å². The molecule has 1 aliphatic carbocycles. The summed E-state index contributed by atoms with van der Waals surface area (Å²) in [6.07, 6.45) is 2.25. The Hall–Kier alpha value is -3.34. The van der Waals surface area contributed by atoms with Crippen LogP contribution < -0.4 is 4.74 Å². The van der Waals surface area contributed by atoms with Gasteiger partial charge in [0.05, 0.1) is 17.1 Å². The number of hydrogen-bond acceptors (Lipinski definition) is 7. The van der Waals surface area contributed by atoms with E-state index < -0.39 is 6.61 Å². The van der Waals surface area contributed by atoms with Crippen LogP contribution in [0.2, 0.25) is 0 Å². The molecule has 11 heteroatoms. The lowest BCUT2D eigenvalue weighted by atomic mass is 10.3. The third-order valence-corrected chi connectivity index (χ3v) is 5.56. The molecule has 0 N–H and O–H groups in total. The maximum Gasteiger partial charge on any atom is 0.387 e. The van der Waals surface area contributed by atoms with E-state index in [9.17, 15) is 8.78 Å². The molecule has 0 aliphatic heterocycles. The first-order valence-electron chi connectivity index (χ1n) is 9.65. The highest BCUT2D eigenvalue weighted by Gasteiger charge is 2.30. The second-order valence-corrected chi connectivity index (χ2v) is 7.88. The first-order chi connectivity index (χ1) is 15.2. The Balaban J connectivity index is 1.33. The van der Waals surface area contributed by atoms with E-state index in [4.69, 9.17) is 4.98 Å². The summed E-state index contributed by atoms with van der Waals surface area (Å²) in [5, 5.41) is 17.2. The minimum Gasteiger partial charge on any atom is -0.435 e. The normalized spacial score (nSPS) is 13.6. The van der Waals surface area contributed by atoms with Gasteiger partial charge in [0.25, 0.3) is 0 Å². The monoisotopic (exact) mass is 441 g/mol. The molecule has 1 fully saturated rings. The van der Waals surface area contributed by atoms with Crippen LogP contribution in [-0.4, -0.2) is 41.6 Å². The predicted molar refractivity (Wildman–Crippen MR) is 109 cm³/mol. The van der Waals surface area contributed by atoms with Gasteiger partial charge >= 0.3 is 6.61 Å². The number of halogens is 2. The summed E-state index contributed by atoms with van der Waals surface area (Å²) in [6.45, 7) is -2.87. The third-order valence-electron chi connectivity index (χ3n) is 4.73. The number of hydrogen-bond donors (Lipinski definition) is 0. The molecule has 0 atom stereocenters. The summed E-state index contributed by atoms with van der Waals surface area (Å²) >= 11 is 1.44. The fourth-order valence-corrected chi connectivity index (χ4v) is 3.86. The van der Waals surface area contributed by atoms with Crippen LogP contribution in [0.3, 0.4) is 0 Å². The zero-order chi connectivity index (χ0) is 21.2. The summed E-state index contributed by atoms with van der Waals surface area (Å²) in [4.78, 5) is 4.74. The number of para-hydroxylation sites is 1. The smallest absolute Gasteiger partial charge is 0.387 e. The van der Waals surface area contributed by atoms with Crippen LogP contribution in [0.5, 0.6) is 5.75 Å². The van der Waals surface area contributed by atoms with Gasteiger partial charge < -0.3 is 4.74 Å². The Kier molecular flexibility index (Phi) is 5.33. The van der Waals surface area contributed by atoms with Crippen LogP contribution in [0.4, 0.5) is 8.78 Å². The van der Waals surface area contributed by atoms with Gasteiger partial charge in [-0.05, 0) is 59.7 Å². The molecule has 0 unspecified atom stereocenters. The van der Waals surface area contributed by atoms with E-state index in [1.165, 1.54) is 23.9 Å². The topological polar surface area (TPSA) is 83.5 Å². The summed E-state index contributed by atoms with van der Waals surface area (Å²) in [7, 11) is 0. The summed E-state index contributed by atoms with van der Waals surface area (Å²) < 4.78 is 32.5. The molecule has 1 saturated carbocycles. The number of rotatable bonds is 8. The van der Waals surface area contributed by atoms with Crippen LogP contribution in [0.25, 0.3) is 11.4 Å². The molecule has 2 heterocycles. The molecule has 31 heavy (non-hydrogen) atoms. The predicted octanol–water partition coefficient (Wildman–Crippen LogP) is 4.01. The molecule has 0 bridgehead atoms. The number of ether oxygens (including phenoxy) is 1. The SMILES string of the molecule is FC(F)Oc1ccc(-n2nnnc2CSc2nc(C3CC3)n(-c3ccccc3)n2)cc1. The van der Waals surface area contributed by atoms with Crippen molar-refractivity contribution in [2.24, 2.45) is 0 Å². The average Bonchev–Trinajstić information content (AvgIpc) is 3.36. The van der Waals surface area contributed by atoms with Crippen molar-refractivity contribution in [2.75, 3.05) is 0 Å². The fourth-order valence-electron chi connectivity index (χ4n) is 3.12. The maximum absolute atomic E-state index is 12.3. The molecule has 158 valence electrons. The van der Waals surface area contributed by atoms with Crippen molar-refractivity contribution in [1.29, 1.82) is 0 Å². The van der Waals surface area contributed by atoms with Gasteiger partial charge in [0, 0.05) is 5.92 Å². The highest BCUT2D eigenvalue weighted by Crippen LogP contribution is 2.40. The highest BCUT2D eigenvalue weighted by atomic mass is 32.2. The van der Waals surface area contributed by atoms with E-state index in [-0.39, 0.29) is 5.75 Å². The van der Waals surface area contributed by atoms with Crippen LogP contribution in [0, 0.1) is 0 Å². The summed E-state index contributed by atoms with van der Waals surface area (Å²) in [5.74, 6) is 2.54. The first kappa shape index (κ1) is 19.6. The van der Waals surface area contributed by atoms with E-state index >= 15 is 0 Å². The Morgan fingerprint density at radius 2 is 1.74 bits per heavy atom. The zero-order valence-electron chi connectivity index (χ0n) is 16.2. The molecule has 2 aromatic heterocycles. The van der Waals surface area contributed by atoms with Gasteiger partial charge in [-0.1, -0.05) is 30.0 Å². The molecule has 8 nitrogen and oxygen atoms in total. The van der Waals surface area contributed by atoms with Gasteiger partial charge in [0.1, 0.15) is 11.6 Å². The Labute approximate surface area is 180 Å². The molecule has 5 rings (SSSR count). The summed E-state index contributed by atoms with van der Waals surface area (Å²) in [6, 6.07) is 16.1. The number of thioether (sulfide) groups is 1. The van der Waals surface area contributed by atoms with E-state index in [1.807, 2.05) is 35.0 Å². The zero-order valence-corrected chi connectivity index (χ0v) is 17.0. The first-order valence-corrected chi connectivity index (χ1v) is 10.6. The van der Waals surface area contributed by atoms with E-state index in [1.54, 1.807) is 16.8 Å². The summed E-state index contributed by atoms with van der Waals surface area (Å²) in [5.41, 5.74) is 1.63. The minimum absolute atomic E-state index is 0.0750. The van der Waals surface area contributed by atoms with Crippen LogP contribution in [0.15, 0.2) is 59.8 Å². The molecule has 0 saturated heterocycles. The largest absolute Gasteiger partial charge is 0.435 e.